The van der Waals surface area contributed by atoms with Gasteiger partial charge in [-0.05, 0) is 24.6 Å². The zero-order valence-corrected chi connectivity index (χ0v) is 9.30. The summed E-state index contributed by atoms with van der Waals surface area (Å²) >= 11 is 0. The lowest BCUT2D eigenvalue weighted by molar-refractivity contribution is 0.267. The summed E-state index contributed by atoms with van der Waals surface area (Å²) in [4.78, 5) is 3.98. The van der Waals surface area contributed by atoms with E-state index in [2.05, 4.69) is 23.1 Å². The predicted molar refractivity (Wildman–Crippen MR) is 61.9 cm³/mol. The first-order chi connectivity index (χ1) is 7.85. The van der Waals surface area contributed by atoms with Gasteiger partial charge in [0.25, 0.3) is 0 Å². The normalized spacial score (nSPS) is 10.6. The van der Waals surface area contributed by atoms with Gasteiger partial charge in [-0.2, -0.15) is 5.10 Å². The third-order valence-electron chi connectivity index (χ3n) is 2.51. The van der Waals surface area contributed by atoms with Gasteiger partial charge in [0, 0.05) is 23.7 Å². The molecule has 4 heteroatoms. The Morgan fingerprint density at radius 3 is 2.69 bits per heavy atom. The molecule has 0 fully saturated rings. The molecule has 0 spiro atoms. The van der Waals surface area contributed by atoms with Crippen LogP contribution >= 0.6 is 0 Å². The van der Waals surface area contributed by atoms with Gasteiger partial charge >= 0.3 is 0 Å². The summed E-state index contributed by atoms with van der Waals surface area (Å²) in [6.07, 6.45) is 4.43. The van der Waals surface area contributed by atoms with E-state index in [-0.39, 0.29) is 6.61 Å². The summed E-state index contributed by atoms with van der Waals surface area (Å²) in [7, 11) is 0. The minimum atomic E-state index is 0.116. The molecule has 0 aromatic carbocycles. The number of aryl methyl sites for hydroxylation is 1. The largest absolute Gasteiger partial charge is 0.394 e. The van der Waals surface area contributed by atoms with E-state index < -0.39 is 0 Å². The highest BCUT2D eigenvalue weighted by Gasteiger charge is 2.07. The van der Waals surface area contributed by atoms with Gasteiger partial charge in [-0.3, -0.25) is 9.67 Å². The van der Waals surface area contributed by atoms with Crippen molar-refractivity contribution in [3.8, 4) is 11.3 Å². The van der Waals surface area contributed by atoms with Crippen LogP contribution in [0.4, 0.5) is 0 Å². The van der Waals surface area contributed by atoms with E-state index in [0.29, 0.717) is 6.54 Å². The summed E-state index contributed by atoms with van der Waals surface area (Å²) in [6, 6.07) is 5.93. The number of pyridine rings is 1. The number of hydrogen-bond donors (Lipinski definition) is 1. The smallest absolute Gasteiger partial charge is 0.0927 e. The molecule has 0 atom stereocenters. The molecular formula is C12H15N3O. The molecule has 16 heavy (non-hydrogen) atoms. The Kier molecular flexibility index (Phi) is 3.31. The fraction of sp³-hybridized carbons (Fsp3) is 0.333. The first-order valence-electron chi connectivity index (χ1n) is 5.43. The lowest BCUT2D eigenvalue weighted by Crippen LogP contribution is -2.07. The summed E-state index contributed by atoms with van der Waals surface area (Å²) in [5.41, 5.74) is 3.13. The third kappa shape index (κ3) is 2.12. The standard InChI is InChI=1S/C12H15N3O/c1-2-11-9-12(14-15(11)7-8-16)10-3-5-13-6-4-10/h3-6,9,16H,2,7-8H2,1H3. The summed E-state index contributed by atoms with van der Waals surface area (Å²) in [5, 5.41) is 13.4. The fourth-order valence-electron chi connectivity index (χ4n) is 1.69. The van der Waals surface area contributed by atoms with Crippen molar-refractivity contribution in [2.45, 2.75) is 19.9 Å². The van der Waals surface area contributed by atoms with Gasteiger partial charge in [0.05, 0.1) is 18.8 Å². The van der Waals surface area contributed by atoms with Gasteiger partial charge in [-0.15, -0.1) is 0 Å². The van der Waals surface area contributed by atoms with Crippen LogP contribution in [0.15, 0.2) is 30.6 Å². The minimum Gasteiger partial charge on any atom is -0.394 e. The molecule has 2 rings (SSSR count). The quantitative estimate of drug-likeness (QED) is 0.844. The molecule has 2 aromatic rings. The summed E-state index contributed by atoms with van der Waals surface area (Å²) < 4.78 is 1.86. The van der Waals surface area contributed by atoms with Gasteiger partial charge in [-0.1, -0.05) is 6.92 Å². The SMILES string of the molecule is CCc1cc(-c2ccncc2)nn1CCO. The maximum Gasteiger partial charge on any atom is 0.0927 e. The van der Waals surface area contributed by atoms with Crippen LogP contribution in [-0.4, -0.2) is 26.5 Å². The molecule has 2 aromatic heterocycles. The number of aliphatic hydroxyl groups is 1. The Bertz CT molecular complexity index is 451. The van der Waals surface area contributed by atoms with Crippen molar-refractivity contribution in [1.29, 1.82) is 0 Å². The van der Waals surface area contributed by atoms with Gasteiger partial charge in [0.2, 0.25) is 0 Å². The van der Waals surface area contributed by atoms with E-state index in [0.717, 1.165) is 23.4 Å². The molecule has 84 valence electrons. The van der Waals surface area contributed by atoms with Crippen molar-refractivity contribution in [2.24, 2.45) is 0 Å². The second-order valence-corrected chi connectivity index (χ2v) is 3.56. The lowest BCUT2D eigenvalue weighted by atomic mass is 10.2. The first kappa shape index (κ1) is 10.8. The van der Waals surface area contributed by atoms with Crippen molar-refractivity contribution >= 4 is 0 Å². The van der Waals surface area contributed by atoms with Crippen LogP contribution in [0, 0.1) is 0 Å². The second kappa shape index (κ2) is 4.90. The van der Waals surface area contributed by atoms with Crippen molar-refractivity contribution in [3.05, 3.63) is 36.3 Å². The summed E-state index contributed by atoms with van der Waals surface area (Å²) in [6.45, 7) is 2.75. The van der Waals surface area contributed by atoms with E-state index in [9.17, 15) is 0 Å². The highest BCUT2D eigenvalue weighted by Crippen LogP contribution is 2.18. The molecule has 2 heterocycles. The molecule has 1 N–H and O–H groups in total. The predicted octanol–water partition coefficient (Wildman–Crippen LogP) is 1.50. The molecule has 0 aliphatic carbocycles. The highest BCUT2D eigenvalue weighted by atomic mass is 16.3. The Morgan fingerprint density at radius 2 is 2.06 bits per heavy atom. The maximum absolute atomic E-state index is 8.95. The van der Waals surface area contributed by atoms with Gasteiger partial charge in [0.1, 0.15) is 0 Å². The molecule has 0 amide bonds. The molecule has 4 nitrogen and oxygen atoms in total. The number of rotatable bonds is 4. The average Bonchev–Trinajstić information content (AvgIpc) is 2.74. The highest BCUT2D eigenvalue weighted by molar-refractivity contribution is 5.58. The zero-order valence-electron chi connectivity index (χ0n) is 9.30. The molecule has 0 unspecified atom stereocenters. The van der Waals surface area contributed by atoms with Crippen LogP contribution in [0.2, 0.25) is 0 Å². The van der Waals surface area contributed by atoms with Gasteiger partial charge in [0.15, 0.2) is 0 Å². The number of aliphatic hydroxyl groups excluding tert-OH is 1. The molecule has 0 saturated carbocycles. The van der Waals surface area contributed by atoms with Crippen molar-refractivity contribution < 1.29 is 5.11 Å². The van der Waals surface area contributed by atoms with Crippen LogP contribution in [0.3, 0.4) is 0 Å². The van der Waals surface area contributed by atoms with Gasteiger partial charge in [-0.25, -0.2) is 0 Å². The Balaban J connectivity index is 2.36. The average molecular weight is 217 g/mol. The Labute approximate surface area is 94.6 Å². The molecule has 0 saturated heterocycles. The Hall–Kier alpha value is -1.68. The number of nitrogens with zero attached hydrogens (tertiary/aromatic N) is 3. The minimum absolute atomic E-state index is 0.116. The number of aromatic nitrogens is 3. The van der Waals surface area contributed by atoms with E-state index in [4.69, 9.17) is 5.11 Å². The number of hydrogen-bond acceptors (Lipinski definition) is 3. The molecular weight excluding hydrogens is 202 g/mol. The van der Waals surface area contributed by atoms with Crippen LogP contribution in [-0.2, 0) is 13.0 Å². The zero-order chi connectivity index (χ0) is 11.4. The van der Waals surface area contributed by atoms with E-state index in [1.807, 2.05) is 16.8 Å². The molecule has 0 radical (unpaired) electrons. The van der Waals surface area contributed by atoms with Crippen molar-refractivity contribution in [2.75, 3.05) is 6.61 Å². The topological polar surface area (TPSA) is 50.9 Å². The van der Waals surface area contributed by atoms with Crippen LogP contribution in [0.1, 0.15) is 12.6 Å². The van der Waals surface area contributed by atoms with Crippen LogP contribution < -0.4 is 0 Å². The van der Waals surface area contributed by atoms with E-state index in [1.165, 1.54) is 0 Å². The van der Waals surface area contributed by atoms with Gasteiger partial charge < -0.3 is 5.11 Å². The van der Waals surface area contributed by atoms with E-state index in [1.54, 1.807) is 12.4 Å². The summed E-state index contributed by atoms with van der Waals surface area (Å²) in [5.74, 6) is 0. The maximum atomic E-state index is 8.95. The lowest BCUT2D eigenvalue weighted by Gasteiger charge is -2.01. The first-order valence-corrected chi connectivity index (χ1v) is 5.43. The molecule has 0 aliphatic rings. The van der Waals surface area contributed by atoms with Crippen LogP contribution in [0.5, 0.6) is 0 Å². The van der Waals surface area contributed by atoms with Crippen molar-refractivity contribution in [3.63, 3.8) is 0 Å². The van der Waals surface area contributed by atoms with Crippen LogP contribution in [0.25, 0.3) is 11.3 Å². The molecule has 0 bridgehead atoms. The van der Waals surface area contributed by atoms with E-state index >= 15 is 0 Å². The Morgan fingerprint density at radius 1 is 1.31 bits per heavy atom. The second-order valence-electron chi connectivity index (χ2n) is 3.56. The fourth-order valence-corrected chi connectivity index (χ4v) is 1.69. The third-order valence-corrected chi connectivity index (χ3v) is 2.51. The monoisotopic (exact) mass is 217 g/mol. The van der Waals surface area contributed by atoms with Crippen molar-refractivity contribution in [1.82, 2.24) is 14.8 Å². The molecule has 0 aliphatic heterocycles.